The molecule has 0 spiro atoms. The average molecular weight is 428 g/mol. The van der Waals surface area contributed by atoms with Gasteiger partial charge in [-0.3, -0.25) is 14.5 Å². The highest BCUT2D eigenvalue weighted by Crippen LogP contribution is 2.30. The van der Waals surface area contributed by atoms with Crippen LogP contribution in [0.2, 0.25) is 0 Å². The number of nitrogens with one attached hydrogen (secondary N) is 1. The zero-order valence-electron chi connectivity index (χ0n) is 17.8. The van der Waals surface area contributed by atoms with E-state index in [1.807, 2.05) is 20.8 Å². The number of hydrogen-bond donors (Lipinski definition) is 2. The van der Waals surface area contributed by atoms with Crippen LogP contribution in [0.5, 0.6) is 0 Å². The molecule has 2 amide bonds. The number of rotatable bonds is 6. The number of aliphatic imine (C=N–C) groups is 1. The van der Waals surface area contributed by atoms with Gasteiger partial charge in [0.1, 0.15) is 11.6 Å². The number of carbonyl (C=O) groups is 2. The summed E-state index contributed by atoms with van der Waals surface area (Å²) < 4.78 is 27.9. The first-order chi connectivity index (χ1) is 14.6. The molecule has 1 aliphatic heterocycles. The van der Waals surface area contributed by atoms with Crippen LogP contribution in [-0.2, 0) is 17.9 Å². The lowest BCUT2D eigenvalue weighted by atomic mass is 9.84. The Morgan fingerprint density at radius 2 is 1.97 bits per heavy atom. The van der Waals surface area contributed by atoms with E-state index >= 15 is 0 Å². The van der Waals surface area contributed by atoms with E-state index in [2.05, 4.69) is 10.3 Å². The van der Waals surface area contributed by atoms with E-state index < -0.39 is 23.1 Å². The van der Waals surface area contributed by atoms with Gasteiger partial charge in [-0.15, -0.1) is 0 Å². The number of halogens is 2. The molecule has 1 atom stereocenters. The molecule has 1 aliphatic rings. The molecule has 0 saturated carbocycles. The Hall–Kier alpha value is -3.29. The van der Waals surface area contributed by atoms with Crippen molar-refractivity contribution in [1.82, 2.24) is 10.2 Å². The molecule has 0 bridgehead atoms. The molecule has 1 unspecified atom stereocenters. The number of amides is 2. The monoisotopic (exact) mass is 428 g/mol. The van der Waals surface area contributed by atoms with Gasteiger partial charge in [0, 0.05) is 17.7 Å². The molecular formula is C23H26F2N4O2. The molecule has 8 heteroatoms. The second-order valence-corrected chi connectivity index (χ2v) is 8.26. The van der Waals surface area contributed by atoms with Gasteiger partial charge in [0.25, 0.3) is 5.91 Å². The summed E-state index contributed by atoms with van der Waals surface area (Å²) in [5.41, 5.74) is 6.24. The Kier molecular flexibility index (Phi) is 6.38. The molecular weight excluding hydrogens is 402 g/mol. The molecule has 0 saturated heterocycles. The van der Waals surface area contributed by atoms with E-state index in [0.717, 1.165) is 6.07 Å². The van der Waals surface area contributed by atoms with Crippen molar-refractivity contribution >= 4 is 17.8 Å². The van der Waals surface area contributed by atoms with Gasteiger partial charge in [-0.25, -0.2) is 13.8 Å². The number of benzene rings is 2. The highest BCUT2D eigenvalue weighted by molar-refractivity contribution is 5.99. The summed E-state index contributed by atoms with van der Waals surface area (Å²) in [5.74, 6) is -1.63. The molecule has 1 heterocycles. The minimum atomic E-state index is -0.625. The molecule has 2 aromatic rings. The third-order valence-corrected chi connectivity index (χ3v) is 5.66. The van der Waals surface area contributed by atoms with Crippen molar-refractivity contribution < 1.29 is 18.4 Å². The van der Waals surface area contributed by atoms with E-state index in [1.165, 1.54) is 23.1 Å². The Balaban J connectivity index is 1.76. The summed E-state index contributed by atoms with van der Waals surface area (Å²) in [6, 6.07) is 9.89. The van der Waals surface area contributed by atoms with Gasteiger partial charge in [-0.05, 0) is 42.7 Å². The van der Waals surface area contributed by atoms with Crippen molar-refractivity contribution in [2.24, 2.45) is 16.6 Å². The Morgan fingerprint density at radius 1 is 1.26 bits per heavy atom. The van der Waals surface area contributed by atoms with E-state index in [9.17, 15) is 18.4 Å². The van der Waals surface area contributed by atoms with Crippen LogP contribution in [0.25, 0.3) is 0 Å². The summed E-state index contributed by atoms with van der Waals surface area (Å²) in [5, 5.41) is 2.58. The highest BCUT2D eigenvalue weighted by Gasteiger charge is 2.38. The number of nitrogens with zero attached hydrogens (tertiary/aromatic N) is 2. The minimum absolute atomic E-state index is 0.00625. The van der Waals surface area contributed by atoms with Crippen molar-refractivity contribution in [2.75, 3.05) is 0 Å². The highest BCUT2D eigenvalue weighted by atomic mass is 19.1. The van der Waals surface area contributed by atoms with Crippen LogP contribution >= 0.6 is 0 Å². The summed E-state index contributed by atoms with van der Waals surface area (Å²) in [6.45, 7) is 5.78. The molecule has 3 N–H and O–H groups in total. The number of nitrogens with two attached hydrogens (primary N) is 1. The fourth-order valence-corrected chi connectivity index (χ4v) is 3.37. The largest absolute Gasteiger partial charge is 0.369 e. The van der Waals surface area contributed by atoms with Crippen LogP contribution in [0.15, 0.2) is 47.5 Å². The second kappa shape index (κ2) is 8.83. The predicted molar refractivity (Wildman–Crippen MR) is 114 cm³/mol. The van der Waals surface area contributed by atoms with Crippen LogP contribution in [0, 0.1) is 17.6 Å². The van der Waals surface area contributed by atoms with Crippen molar-refractivity contribution in [2.45, 2.75) is 45.8 Å². The first kappa shape index (κ1) is 22.4. The zero-order chi connectivity index (χ0) is 22.8. The summed E-state index contributed by atoms with van der Waals surface area (Å²) in [7, 11) is 0. The van der Waals surface area contributed by atoms with Gasteiger partial charge in [-0.1, -0.05) is 32.0 Å². The van der Waals surface area contributed by atoms with Gasteiger partial charge in [0.15, 0.2) is 5.96 Å². The summed E-state index contributed by atoms with van der Waals surface area (Å²) in [4.78, 5) is 30.9. The average Bonchev–Trinajstić information content (AvgIpc) is 2.69. The predicted octanol–water partition coefficient (Wildman–Crippen LogP) is 3.36. The summed E-state index contributed by atoms with van der Waals surface area (Å²) >= 11 is 0. The first-order valence-electron chi connectivity index (χ1n) is 10.1. The molecule has 0 fully saturated rings. The van der Waals surface area contributed by atoms with Crippen molar-refractivity contribution in [3.05, 3.63) is 70.8 Å². The van der Waals surface area contributed by atoms with Crippen LogP contribution in [0.1, 0.15) is 48.7 Å². The third kappa shape index (κ3) is 5.07. The van der Waals surface area contributed by atoms with E-state index in [4.69, 9.17) is 5.73 Å². The lowest BCUT2D eigenvalue weighted by Crippen LogP contribution is -2.51. The second-order valence-electron chi connectivity index (χ2n) is 8.26. The topological polar surface area (TPSA) is 87.8 Å². The Morgan fingerprint density at radius 3 is 2.61 bits per heavy atom. The zero-order valence-corrected chi connectivity index (χ0v) is 17.8. The molecule has 0 aliphatic carbocycles. The molecule has 6 nitrogen and oxygen atoms in total. The molecule has 3 rings (SSSR count). The maximum absolute atomic E-state index is 14.2. The lowest BCUT2D eigenvalue weighted by molar-refractivity contribution is -0.130. The first-order valence-corrected chi connectivity index (χ1v) is 10.1. The Bertz CT molecular complexity index is 1040. The van der Waals surface area contributed by atoms with Gasteiger partial charge in [0.2, 0.25) is 5.91 Å². The van der Waals surface area contributed by atoms with Crippen molar-refractivity contribution in [3.63, 3.8) is 0 Å². The van der Waals surface area contributed by atoms with Crippen LogP contribution in [0.3, 0.4) is 0 Å². The van der Waals surface area contributed by atoms with Crippen molar-refractivity contribution in [1.29, 1.82) is 0 Å². The van der Waals surface area contributed by atoms with Crippen LogP contribution < -0.4 is 11.1 Å². The van der Waals surface area contributed by atoms with Crippen LogP contribution in [0.4, 0.5) is 8.78 Å². The van der Waals surface area contributed by atoms with E-state index in [1.54, 1.807) is 18.2 Å². The Labute approximate surface area is 180 Å². The van der Waals surface area contributed by atoms with Gasteiger partial charge in [-0.2, -0.15) is 0 Å². The van der Waals surface area contributed by atoms with E-state index in [-0.39, 0.29) is 42.9 Å². The maximum Gasteiger partial charge on any atom is 0.251 e. The molecule has 2 aromatic carbocycles. The van der Waals surface area contributed by atoms with E-state index in [0.29, 0.717) is 11.1 Å². The van der Waals surface area contributed by atoms with Gasteiger partial charge in [0.05, 0.1) is 18.5 Å². The molecule has 0 radical (unpaired) electrons. The fraction of sp³-hybridized carbons (Fsp3) is 0.348. The summed E-state index contributed by atoms with van der Waals surface area (Å²) in [6.07, 6.45) is 0.191. The third-order valence-electron chi connectivity index (χ3n) is 5.66. The number of carbonyl (C=O) groups excluding carboxylic acids is 2. The minimum Gasteiger partial charge on any atom is -0.369 e. The smallest absolute Gasteiger partial charge is 0.251 e. The van der Waals surface area contributed by atoms with Gasteiger partial charge < -0.3 is 11.1 Å². The van der Waals surface area contributed by atoms with Crippen LogP contribution in [-0.4, -0.2) is 28.2 Å². The molecule has 31 heavy (non-hydrogen) atoms. The lowest BCUT2D eigenvalue weighted by Gasteiger charge is -2.37. The standard InChI is InChI=1S/C23H26F2N4O2/c1-14(2)23(3)11-20(30)29(22(26)28-23)13-15-8-17(10-18(24)9-15)21(31)27-12-16-6-4-5-7-19(16)25/h4-10,14H,11-13H2,1-3H3,(H2,26,28)(H,27,31). The number of hydrogen-bond acceptors (Lipinski definition) is 4. The molecule has 164 valence electrons. The fourth-order valence-electron chi connectivity index (χ4n) is 3.37. The molecule has 0 aromatic heterocycles. The normalized spacial score (nSPS) is 18.8. The maximum atomic E-state index is 14.2. The quantitative estimate of drug-likeness (QED) is 0.740. The van der Waals surface area contributed by atoms with Gasteiger partial charge >= 0.3 is 0 Å². The van der Waals surface area contributed by atoms with Crippen molar-refractivity contribution in [3.8, 4) is 0 Å². The number of guanidine groups is 1. The SMILES string of the molecule is CC(C)C1(C)CC(=O)N(Cc2cc(F)cc(C(=O)NCc3ccccc3F)c2)C(N)=N1.